The van der Waals surface area contributed by atoms with Crippen molar-refractivity contribution in [2.75, 3.05) is 0 Å². The summed E-state index contributed by atoms with van der Waals surface area (Å²) in [6, 6.07) is 12.0. The number of hydrogen-bond acceptors (Lipinski definition) is 2. The van der Waals surface area contributed by atoms with Crippen LogP contribution in [0.15, 0.2) is 42.0 Å². The summed E-state index contributed by atoms with van der Waals surface area (Å²) in [7, 11) is 0. The van der Waals surface area contributed by atoms with E-state index >= 15 is 0 Å². The second-order valence-electron chi connectivity index (χ2n) is 6.99. The molecule has 1 aliphatic heterocycles. The van der Waals surface area contributed by atoms with Crippen LogP contribution in [0.5, 0.6) is 11.5 Å². The predicted molar refractivity (Wildman–Crippen MR) is 95.0 cm³/mol. The Hall–Kier alpha value is -2.22. The molecule has 1 heterocycles. The molecule has 23 heavy (non-hydrogen) atoms. The van der Waals surface area contributed by atoms with E-state index in [1.54, 1.807) is 12.1 Å². The van der Waals surface area contributed by atoms with Gasteiger partial charge in [-0.15, -0.1) is 0 Å². The monoisotopic (exact) mass is 308 g/mol. The summed E-state index contributed by atoms with van der Waals surface area (Å²) in [5, 5.41) is 9.71. The molecule has 0 radical (unpaired) electrons. The van der Waals surface area contributed by atoms with Gasteiger partial charge in [-0.3, -0.25) is 0 Å². The highest BCUT2D eigenvalue weighted by Gasteiger charge is 2.33. The van der Waals surface area contributed by atoms with Gasteiger partial charge in [-0.25, -0.2) is 0 Å². The first-order valence-electron chi connectivity index (χ1n) is 8.07. The molecule has 0 atom stereocenters. The molecular formula is C21H24O2. The molecule has 0 saturated carbocycles. The van der Waals surface area contributed by atoms with Gasteiger partial charge in [0.05, 0.1) is 0 Å². The van der Waals surface area contributed by atoms with Crippen molar-refractivity contribution in [1.82, 2.24) is 0 Å². The van der Waals surface area contributed by atoms with Crippen LogP contribution in [-0.4, -0.2) is 10.7 Å². The van der Waals surface area contributed by atoms with Gasteiger partial charge < -0.3 is 9.84 Å². The van der Waals surface area contributed by atoms with E-state index in [9.17, 15) is 5.11 Å². The second-order valence-corrected chi connectivity index (χ2v) is 6.99. The quantitative estimate of drug-likeness (QED) is 0.826. The van der Waals surface area contributed by atoms with Crippen LogP contribution in [0.1, 0.15) is 43.0 Å². The molecule has 0 fully saturated rings. The van der Waals surface area contributed by atoms with Crippen molar-refractivity contribution in [3.05, 3.63) is 64.2 Å². The van der Waals surface area contributed by atoms with Crippen LogP contribution in [0.4, 0.5) is 0 Å². The van der Waals surface area contributed by atoms with Gasteiger partial charge in [-0.2, -0.15) is 0 Å². The number of benzene rings is 2. The highest BCUT2D eigenvalue weighted by Crippen LogP contribution is 2.43. The Kier molecular flexibility index (Phi) is 3.71. The molecule has 2 heteroatoms. The van der Waals surface area contributed by atoms with E-state index in [0.717, 1.165) is 17.7 Å². The summed E-state index contributed by atoms with van der Waals surface area (Å²) in [5.74, 6) is 1.00. The molecule has 0 spiro atoms. The Bertz CT molecular complexity index is 797. The van der Waals surface area contributed by atoms with Crippen LogP contribution in [-0.2, 0) is 6.42 Å². The van der Waals surface area contributed by atoms with Crippen LogP contribution in [0.3, 0.4) is 0 Å². The summed E-state index contributed by atoms with van der Waals surface area (Å²) in [4.78, 5) is 0. The normalized spacial score (nSPS) is 16.0. The number of fused-ring (bicyclic) bond motifs is 1. The number of phenolic OH excluding ortho intramolecular Hbond substituents is 1. The van der Waals surface area contributed by atoms with Crippen LogP contribution in [0.25, 0.3) is 5.57 Å². The van der Waals surface area contributed by atoms with E-state index in [2.05, 4.69) is 52.8 Å². The third kappa shape index (κ3) is 2.86. The van der Waals surface area contributed by atoms with E-state index in [-0.39, 0.29) is 11.4 Å². The van der Waals surface area contributed by atoms with Gasteiger partial charge in [0.15, 0.2) is 0 Å². The van der Waals surface area contributed by atoms with Crippen molar-refractivity contribution in [3.63, 3.8) is 0 Å². The third-order valence-corrected chi connectivity index (χ3v) is 4.87. The number of phenols is 1. The lowest BCUT2D eigenvalue weighted by Crippen LogP contribution is -2.35. The molecule has 0 amide bonds. The average Bonchev–Trinajstić information content (AvgIpc) is 2.46. The highest BCUT2D eigenvalue weighted by molar-refractivity contribution is 5.76. The van der Waals surface area contributed by atoms with E-state index in [1.165, 1.54) is 27.8 Å². The van der Waals surface area contributed by atoms with E-state index in [4.69, 9.17) is 4.74 Å². The number of ether oxygens (including phenoxy) is 1. The Morgan fingerprint density at radius 2 is 1.70 bits per heavy atom. The summed E-state index contributed by atoms with van der Waals surface area (Å²) in [6.45, 7) is 10.6. The maximum atomic E-state index is 9.71. The fourth-order valence-electron chi connectivity index (χ4n) is 3.32. The summed E-state index contributed by atoms with van der Waals surface area (Å²) < 4.78 is 6.19. The molecule has 2 nitrogen and oxygen atoms in total. The molecule has 0 unspecified atom stereocenters. The third-order valence-electron chi connectivity index (χ3n) is 4.87. The zero-order valence-electron chi connectivity index (χ0n) is 14.5. The lowest BCUT2D eigenvalue weighted by Gasteiger charge is -2.36. The van der Waals surface area contributed by atoms with Crippen molar-refractivity contribution in [3.8, 4) is 11.5 Å². The van der Waals surface area contributed by atoms with Gasteiger partial charge in [0.25, 0.3) is 0 Å². The first-order chi connectivity index (χ1) is 10.8. The molecule has 3 rings (SSSR count). The Balaban J connectivity index is 2.06. The molecule has 1 aliphatic rings. The van der Waals surface area contributed by atoms with Crippen LogP contribution >= 0.6 is 0 Å². The maximum absolute atomic E-state index is 9.71. The molecule has 1 N–H and O–H groups in total. The summed E-state index contributed by atoms with van der Waals surface area (Å²) in [5.41, 5.74) is 7.17. The van der Waals surface area contributed by atoms with E-state index in [0.29, 0.717) is 0 Å². The van der Waals surface area contributed by atoms with Crippen molar-refractivity contribution in [1.29, 1.82) is 0 Å². The first kappa shape index (κ1) is 15.7. The van der Waals surface area contributed by atoms with Crippen LogP contribution in [0.2, 0.25) is 0 Å². The van der Waals surface area contributed by atoms with Crippen molar-refractivity contribution < 1.29 is 9.84 Å². The van der Waals surface area contributed by atoms with Crippen LogP contribution in [0, 0.1) is 13.8 Å². The molecule has 0 aliphatic carbocycles. The Morgan fingerprint density at radius 1 is 0.957 bits per heavy atom. The number of aromatic hydroxyl groups is 1. The molecule has 0 saturated heterocycles. The first-order valence-corrected chi connectivity index (χ1v) is 8.07. The van der Waals surface area contributed by atoms with Gasteiger partial charge in [0.2, 0.25) is 0 Å². The molecular weight excluding hydrogens is 284 g/mol. The molecule has 2 aromatic carbocycles. The number of allylic oxidation sites excluding steroid dienone is 1. The standard InChI is InChI=1S/C21H24O2/c1-13-6-7-16(10-14(13)2)11-19-15(3)18-9-8-17(22)12-20(18)23-21(19,4)5/h6-10,12,22H,11H2,1-5H3. The SMILES string of the molecule is CC1=C(Cc2ccc(C)c(C)c2)C(C)(C)Oc2cc(O)ccc21. The molecule has 120 valence electrons. The second kappa shape index (κ2) is 5.45. The predicted octanol–water partition coefficient (Wildman–Crippen LogP) is 5.20. The van der Waals surface area contributed by atoms with Gasteiger partial charge in [0.1, 0.15) is 17.1 Å². The largest absolute Gasteiger partial charge is 0.508 e. The lowest BCUT2D eigenvalue weighted by molar-refractivity contribution is 0.141. The van der Waals surface area contributed by atoms with Crippen LogP contribution < -0.4 is 4.74 Å². The van der Waals surface area contributed by atoms with Crippen molar-refractivity contribution in [2.24, 2.45) is 0 Å². The Labute approximate surface area is 138 Å². The maximum Gasteiger partial charge on any atom is 0.131 e. The van der Waals surface area contributed by atoms with E-state index in [1.807, 2.05) is 6.07 Å². The van der Waals surface area contributed by atoms with Gasteiger partial charge in [0, 0.05) is 11.6 Å². The fourth-order valence-corrected chi connectivity index (χ4v) is 3.32. The highest BCUT2D eigenvalue weighted by atomic mass is 16.5. The van der Waals surface area contributed by atoms with Crippen molar-refractivity contribution in [2.45, 2.75) is 46.6 Å². The van der Waals surface area contributed by atoms with Gasteiger partial charge in [-0.05, 0) is 81.0 Å². The number of rotatable bonds is 2. The number of aryl methyl sites for hydroxylation is 2. The minimum atomic E-state index is -0.385. The summed E-state index contributed by atoms with van der Waals surface area (Å²) >= 11 is 0. The van der Waals surface area contributed by atoms with Gasteiger partial charge >= 0.3 is 0 Å². The summed E-state index contributed by atoms with van der Waals surface area (Å²) in [6.07, 6.45) is 0.875. The molecule has 0 bridgehead atoms. The zero-order valence-corrected chi connectivity index (χ0v) is 14.5. The van der Waals surface area contributed by atoms with Crippen molar-refractivity contribution >= 4 is 5.57 Å². The fraction of sp³-hybridized carbons (Fsp3) is 0.333. The minimum absolute atomic E-state index is 0.241. The average molecular weight is 308 g/mol. The Morgan fingerprint density at radius 3 is 2.39 bits per heavy atom. The smallest absolute Gasteiger partial charge is 0.131 e. The van der Waals surface area contributed by atoms with Gasteiger partial charge in [-0.1, -0.05) is 18.2 Å². The molecule has 2 aromatic rings. The minimum Gasteiger partial charge on any atom is -0.508 e. The number of hydrogen-bond donors (Lipinski definition) is 1. The van der Waals surface area contributed by atoms with E-state index < -0.39 is 0 Å². The molecule has 0 aromatic heterocycles. The topological polar surface area (TPSA) is 29.5 Å². The lowest BCUT2D eigenvalue weighted by atomic mass is 9.83. The zero-order chi connectivity index (χ0) is 16.8.